The molecule has 0 aliphatic carbocycles. The molecule has 4 rings (SSSR count). The highest BCUT2D eigenvalue weighted by Gasteiger charge is 2.27. The fourth-order valence-corrected chi connectivity index (χ4v) is 3.16. The number of amides is 1. The minimum absolute atomic E-state index is 0.130. The summed E-state index contributed by atoms with van der Waals surface area (Å²) in [6, 6.07) is 17.9. The molecule has 3 aromatic rings. The molecule has 1 aliphatic rings. The van der Waals surface area contributed by atoms with E-state index in [1.807, 2.05) is 59.3 Å². The quantitative estimate of drug-likeness (QED) is 0.799. The lowest BCUT2D eigenvalue weighted by Gasteiger charge is -2.25. The number of imidazole rings is 1. The summed E-state index contributed by atoms with van der Waals surface area (Å²) in [6.45, 7) is 0.913. The number of ether oxygens (including phenoxy) is 1. The van der Waals surface area contributed by atoms with Crippen molar-refractivity contribution in [1.29, 1.82) is 0 Å². The second-order valence-electron chi connectivity index (χ2n) is 5.97. The van der Waals surface area contributed by atoms with E-state index in [1.54, 1.807) is 6.20 Å². The van der Waals surface area contributed by atoms with Gasteiger partial charge in [0, 0.05) is 18.1 Å². The number of nitrogens with one attached hydrogen (secondary N) is 1. The van der Waals surface area contributed by atoms with Crippen LogP contribution in [0.2, 0.25) is 0 Å². The molecule has 126 valence electrons. The number of carbonyl (C=O) groups is 1. The standard InChI is InChI=1S/C20H19N3O2/c24-20(19-17-9-5-4-6-15(17)10-13-25-19)22-14-18-21-11-12-23(18)16-7-2-1-3-8-16/h1-9,11-12,19H,10,13-14H2,(H,22,24)/t19-/m0/s1. The van der Waals surface area contributed by atoms with Crippen LogP contribution in [0.5, 0.6) is 0 Å². The number of rotatable bonds is 4. The van der Waals surface area contributed by atoms with Gasteiger partial charge in [-0.25, -0.2) is 4.98 Å². The molecule has 5 heteroatoms. The van der Waals surface area contributed by atoms with Gasteiger partial charge in [0.2, 0.25) is 0 Å². The Morgan fingerprint density at radius 3 is 2.84 bits per heavy atom. The van der Waals surface area contributed by atoms with Crippen LogP contribution in [0.15, 0.2) is 67.0 Å². The Morgan fingerprint density at radius 2 is 1.96 bits per heavy atom. The van der Waals surface area contributed by atoms with Crippen molar-refractivity contribution in [3.8, 4) is 5.69 Å². The number of para-hydroxylation sites is 1. The molecule has 2 heterocycles. The first-order chi connectivity index (χ1) is 12.3. The van der Waals surface area contributed by atoms with Crippen LogP contribution < -0.4 is 5.32 Å². The zero-order valence-electron chi connectivity index (χ0n) is 13.8. The average Bonchev–Trinajstić information content (AvgIpc) is 3.15. The van der Waals surface area contributed by atoms with E-state index in [0.29, 0.717) is 13.2 Å². The minimum atomic E-state index is -0.551. The van der Waals surface area contributed by atoms with E-state index in [1.165, 1.54) is 5.56 Å². The molecular formula is C20H19N3O2. The SMILES string of the molecule is O=C(NCc1nccn1-c1ccccc1)[C@H]1OCCc2ccccc21. The van der Waals surface area contributed by atoms with Crippen molar-refractivity contribution in [3.63, 3.8) is 0 Å². The van der Waals surface area contributed by atoms with Crippen LogP contribution in [0, 0.1) is 0 Å². The molecule has 0 spiro atoms. The summed E-state index contributed by atoms with van der Waals surface area (Å²) >= 11 is 0. The first-order valence-corrected chi connectivity index (χ1v) is 8.38. The lowest BCUT2D eigenvalue weighted by molar-refractivity contribution is -0.134. The molecular weight excluding hydrogens is 314 g/mol. The van der Waals surface area contributed by atoms with Gasteiger partial charge in [0.05, 0.1) is 13.2 Å². The smallest absolute Gasteiger partial charge is 0.254 e. The maximum absolute atomic E-state index is 12.6. The van der Waals surface area contributed by atoms with Crippen molar-refractivity contribution in [2.75, 3.05) is 6.61 Å². The number of benzene rings is 2. The van der Waals surface area contributed by atoms with E-state index in [9.17, 15) is 4.79 Å². The molecule has 1 aliphatic heterocycles. The van der Waals surface area contributed by atoms with Crippen LogP contribution in [-0.4, -0.2) is 22.1 Å². The monoisotopic (exact) mass is 333 g/mol. The molecule has 0 saturated heterocycles. The largest absolute Gasteiger partial charge is 0.363 e. The number of hydrogen-bond acceptors (Lipinski definition) is 3. The van der Waals surface area contributed by atoms with Crippen LogP contribution in [0.4, 0.5) is 0 Å². The summed E-state index contributed by atoms with van der Waals surface area (Å²) in [5, 5.41) is 2.96. The van der Waals surface area contributed by atoms with Gasteiger partial charge in [-0.1, -0.05) is 42.5 Å². The zero-order valence-corrected chi connectivity index (χ0v) is 13.8. The third kappa shape index (κ3) is 3.19. The number of hydrogen-bond donors (Lipinski definition) is 1. The van der Waals surface area contributed by atoms with Gasteiger partial charge in [0.1, 0.15) is 5.82 Å². The summed E-state index contributed by atoms with van der Waals surface area (Å²) in [4.78, 5) is 17.0. The van der Waals surface area contributed by atoms with Crippen LogP contribution in [-0.2, 0) is 22.5 Å². The Morgan fingerprint density at radius 1 is 1.16 bits per heavy atom. The summed E-state index contributed by atoms with van der Waals surface area (Å²) in [7, 11) is 0. The Balaban J connectivity index is 1.48. The molecule has 2 aromatic carbocycles. The van der Waals surface area contributed by atoms with Gasteiger partial charge in [-0.3, -0.25) is 4.79 Å². The number of fused-ring (bicyclic) bond motifs is 1. The summed E-state index contributed by atoms with van der Waals surface area (Å²) in [6.07, 6.45) is 3.92. The molecule has 1 atom stereocenters. The third-order valence-corrected chi connectivity index (χ3v) is 4.40. The lowest BCUT2D eigenvalue weighted by Crippen LogP contribution is -2.34. The van der Waals surface area contributed by atoms with Crippen molar-refractivity contribution in [1.82, 2.24) is 14.9 Å². The van der Waals surface area contributed by atoms with Gasteiger partial charge in [-0.15, -0.1) is 0 Å². The second kappa shape index (κ2) is 6.91. The van der Waals surface area contributed by atoms with Crippen molar-refractivity contribution in [2.24, 2.45) is 0 Å². The van der Waals surface area contributed by atoms with E-state index < -0.39 is 6.10 Å². The van der Waals surface area contributed by atoms with E-state index in [4.69, 9.17) is 4.74 Å². The molecule has 0 radical (unpaired) electrons. The molecule has 0 saturated carbocycles. The molecule has 0 unspecified atom stereocenters. The van der Waals surface area contributed by atoms with Gasteiger partial charge in [0.15, 0.2) is 6.10 Å². The van der Waals surface area contributed by atoms with Crippen molar-refractivity contribution < 1.29 is 9.53 Å². The minimum Gasteiger partial charge on any atom is -0.363 e. The first kappa shape index (κ1) is 15.6. The molecule has 1 amide bonds. The van der Waals surface area contributed by atoms with Crippen molar-refractivity contribution >= 4 is 5.91 Å². The van der Waals surface area contributed by atoms with Gasteiger partial charge in [-0.2, -0.15) is 0 Å². The third-order valence-electron chi connectivity index (χ3n) is 4.40. The zero-order chi connectivity index (χ0) is 17.1. The maximum Gasteiger partial charge on any atom is 0.254 e. The van der Waals surface area contributed by atoms with Crippen LogP contribution in [0.25, 0.3) is 5.69 Å². The number of aromatic nitrogens is 2. The molecule has 1 aromatic heterocycles. The van der Waals surface area contributed by atoms with E-state index in [-0.39, 0.29) is 5.91 Å². The summed E-state index contributed by atoms with van der Waals surface area (Å²) in [5.74, 6) is 0.651. The fraction of sp³-hybridized carbons (Fsp3) is 0.200. The normalized spacial score (nSPS) is 16.2. The fourth-order valence-electron chi connectivity index (χ4n) is 3.16. The highest BCUT2D eigenvalue weighted by atomic mass is 16.5. The van der Waals surface area contributed by atoms with Crippen LogP contribution in [0.3, 0.4) is 0 Å². The topological polar surface area (TPSA) is 56.2 Å². The Hall–Kier alpha value is -2.92. The predicted octanol–water partition coefficient (Wildman–Crippen LogP) is 2.80. The highest BCUT2D eigenvalue weighted by molar-refractivity contribution is 5.82. The van der Waals surface area contributed by atoms with Crippen LogP contribution >= 0.6 is 0 Å². The van der Waals surface area contributed by atoms with Gasteiger partial charge in [0.25, 0.3) is 5.91 Å². The molecule has 0 fully saturated rings. The lowest BCUT2D eigenvalue weighted by atomic mass is 9.97. The second-order valence-corrected chi connectivity index (χ2v) is 5.97. The Bertz CT molecular complexity index is 873. The molecule has 0 bridgehead atoms. The Kier molecular flexibility index (Phi) is 4.31. The average molecular weight is 333 g/mol. The number of nitrogens with zero attached hydrogens (tertiary/aromatic N) is 2. The van der Waals surface area contributed by atoms with Gasteiger partial charge >= 0.3 is 0 Å². The Labute approximate surface area is 146 Å². The summed E-state index contributed by atoms with van der Waals surface area (Å²) < 4.78 is 7.68. The van der Waals surface area contributed by atoms with Crippen LogP contribution in [0.1, 0.15) is 23.1 Å². The van der Waals surface area contributed by atoms with Crippen molar-refractivity contribution in [2.45, 2.75) is 19.1 Å². The van der Waals surface area contributed by atoms with Gasteiger partial charge in [-0.05, 0) is 29.7 Å². The number of carbonyl (C=O) groups excluding carboxylic acids is 1. The maximum atomic E-state index is 12.6. The van der Waals surface area contributed by atoms with Crippen molar-refractivity contribution in [3.05, 3.63) is 83.9 Å². The summed E-state index contributed by atoms with van der Waals surface area (Å²) in [5.41, 5.74) is 3.15. The molecule has 1 N–H and O–H groups in total. The first-order valence-electron chi connectivity index (χ1n) is 8.38. The van der Waals surface area contributed by atoms with E-state index in [2.05, 4.69) is 16.4 Å². The van der Waals surface area contributed by atoms with E-state index in [0.717, 1.165) is 23.5 Å². The highest BCUT2D eigenvalue weighted by Crippen LogP contribution is 2.27. The molecule has 5 nitrogen and oxygen atoms in total. The predicted molar refractivity (Wildman–Crippen MR) is 94.2 cm³/mol. The molecule has 25 heavy (non-hydrogen) atoms. The van der Waals surface area contributed by atoms with Gasteiger partial charge < -0.3 is 14.6 Å². The van der Waals surface area contributed by atoms with E-state index >= 15 is 0 Å².